The van der Waals surface area contributed by atoms with Gasteiger partial charge in [0.2, 0.25) is 5.95 Å². The first-order valence-electron chi connectivity index (χ1n) is 18.1. The first-order valence-corrected chi connectivity index (χ1v) is 20.3. The van der Waals surface area contributed by atoms with Crippen LogP contribution in [0.15, 0.2) is 66.9 Å². The SMILES string of the molecule is CC(C)(C)c1cc(NC(=O)N[C@H]2CC[C@@H](Oc3ccc4nnc(N5CCCCC5)n4c3)c3ccccc32)n(-c2ccc(Cl)c(OCCOS(C)(=O)=O)c2)n1. The number of hydrogen-bond donors (Lipinski definition) is 2. The summed E-state index contributed by atoms with van der Waals surface area (Å²) in [5.74, 6) is 2.33. The molecule has 3 aromatic heterocycles. The van der Waals surface area contributed by atoms with Gasteiger partial charge in [0.25, 0.3) is 10.1 Å². The van der Waals surface area contributed by atoms with Gasteiger partial charge in [0.1, 0.15) is 36.6 Å². The van der Waals surface area contributed by atoms with Crippen LogP contribution in [0.1, 0.15) is 81.8 Å². The molecule has 1 aliphatic carbocycles. The van der Waals surface area contributed by atoms with E-state index in [2.05, 4.69) is 31.8 Å². The molecular weight excluding hydrogens is 732 g/mol. The van der Waals surface area contributed by atoms with Gasteiger partial charge in [0.05, 0.1) is 34.9 Å². The Morgan fingerprint density at radius 1 is 0.963 bits per heavy atom. The van der Waals surface area contributed by atoms with Gasteiger partial charge in [-0.3, -0.25) is 13.9 Å². The zero-order valence-electron chi connectivity index (χ0n) is 30.8. The van der Waals surface area contributed by atoms with Crippen LogP contribution in [0.2, 0.25) is 5.02 Å². The fraction of sp³-hybridized carbons (Fsp3) is 0.421. The number of urea groups is 1. The van der Waals surface area contributed by atoms with Crippen molar-refractivity contribution in [2.45, 2.75) is 70.4 Å². The standard InChI is InChI=1S/C38H45ClN8O6S/c1-38(2,3)33-23-35(47(44-33)25-12-14-29(39)32(22-25)51-20-21-52-54(4,49)50)41-36(48)40-30-15-16-31(28-11-7-6-10-27(28)30)53-26-13-17-34-42-43-37(46(34)24-26)45-18-8-5-9-19-45/h6-7,10-14,17,22-24,30-31H,5,8-9,15-16,18-21H2,1-4H3,(H2,40,41,48)/t30-,31+/m0/s1. The second kappa shape index (κ2) is 15.5. The van der Waals surface area contributed by atoms with Crippen molar-refractivity contribution in [3.63, 3.8) is 0 Å². The molecule has 1 saturated heterocycles. The highest BCUT2D eigenvalue weighted by atomic mass is 35.5. The van der Waals surface area contributed by atoms with Gasteiger partial charge in [-0.2, -0.15) is 13.5 Å². The van der Waals surface area contributed by atoms with Crippen LogP contribution < -0.4 is 25.0 Å². The molecule has 0 spiro atoms. The van der Waals surface area contributed by atoms with Crippen LogP contribution in [-0.4, -0.2) is 71.4 Å². The highest BCUT2D eigenvalue weighted by Gasteiger charge is 2.30. The molecule has 0 saturated carbocycles. The van der Waals surface area contributed by atoms with Crippen molar-refractivity contribution >= 4 is 45.2 Å². The minimum Gasteiger partial charge on any atom is -0.489 e. The summed E-state index contributed by atoms with van der Waals surface area (Å²) in [7, 11) is -3.61. The topological polar surface area (TPSA) is 154 Å². The van der Waals surface area contributed by atoms with Gasteiger partial charge in [-0.1, -0.05) is 56.6 Å². The maximum atomic E-state index is 13.7. The number of anilines is 2. The summed E-state index contributed by atoms with van der Waals surface area (Å²) in [6.45, 7) is 7.84. The minimum absolute atomic E-state index is 0.0398. The first kappa shape index (κ1) is 37.5. The van der Waals surface area contributed by atoms with E-state index in [1.54, 1.807) is 22.9 Å². The number of carbonyl (C=O) groups excluding carboxylic acids is 1. The molecule has 2 atom stereocenters. The van der Waals surface area contributed by atoms with E-state index in [0.29, 0.717) is 35.1 Å². The number of nitrogens with one attached hydrogen (secondary N) is 2. The number of piperidine rings is 1. The Labute approximate surface area is 319 Å². The second-order valence-electron chi connectivity index (χ2n) is 14.7. The normalized spacial score (nSPS) is 17.6. The number of fused-ring (bicyclic) bond motifs is 2. The van der Waals surface area contributed by atoms with Crippen molar-refractivity contribution in [2.75, 3.05) is 42.8 Å². The lowest BCUT2D eigenvalue weighted by Crippen LogP contribution is -2.36. The fourth-order valence-corrected chi connectivity index (χ4v) is 7.38. The van der Waals surface area contributed by atoms with Gasteiger partial charge in [-0.15, -0.1) is 10.2 Å². The predicted octanol–water partition coefficient (Wildman–Crippen LogP) is 6.99. The Kier molecular flexibility index (Phi) is 10.7. The summed E-state index contributed by atoms with van der Waals surface area (Å²) >= 11 is 6.40. The molecule has 14 nitrogen and oxygen atoms in total. The predicted molar refractivity (Wildman–Crippen MR) is 207 cm³/mol. The van der Waals surface area contributed by atoms with Crippen molar-refractivity contribution in [1.29, 1.82) is 0 Å². The molecule has 1 aliphatic heterocycles. The van der Waals surface area contributed by atoms with E-state index in [9.17, 15) is 13.2 Å². The summed E-state index contributed by atoms with van der Waals surface area (Å²) in [5.41, 5.74) is 3.81. The third kappa shape index (κ3) is 8.58. The van der Waals surface area contributed by atoms with Crippen LogP contribution in [0, 0.1) is 0 Å². The Morgan fingerprint density at radius 3 is 2.50 bits per heavy atom. The van der Waals surface area contributed by atoms with E-state index in [0.717, 1.165) is 66.4 Å². The van der Waals surface area contributed by atoms with E-state index in [4.69, 9.17) is 30.4 Å². The number of rotatable bonds is 11. The first-order chi connectivity index (χ1) is 25.8. The maximum Gasteiger partial charge on any atom is 0.320 e. The largest absolute Gasteiger partial charge is 0.489 e. The molecule has 0 unspecified atom stereocenters. The van der Waals surface area contributed by atoms with Crippen molar-refractivity contribution in [3.05, 3.63) is 88.7 Å². The quantitative estimate of drug-likeness (QED) is 0.106. The van der Waals surface area contributed by atoms with Crippen LogP contribution in [-0.2, 0) is 19.7 Å². The Morgan fingerprint density at radius 2 is 1.74 bits per heavy atom. The number of halogens is 1. The zero-order chi connectivity index (χ0) is 38.0. The lowest BCUT2D eigenvalue weighted by molar-refractivity contribution is 0.171. The Balaban J connectivity index is 1.07. The van der Waals surface area contributed by atoms with E-state index >= 15 is 0 Å². The van der Waals surface area contributed by atoms with Crippen LogP contribution in [0.3, 0.4) is 0 Å². The van der Waals surface area contributed by atoms with Crippen LogP contribution in [0.25, 0.3) is 11.3 Å². The summed E-state index contributed by atoms with van der Waals surface area (Å²) < 4.78 is 43.5. The van der Waals surface area contributed by atoms with Crippen LogP contribution >= 0.6 is 11.6 Å². The maximum absolute atomic E-state index is 13.7. The number of nitrogens with zero attached hydrogens (tertiary/aromatic N) is 6. The Bertz CT molecular complexity index is 2250. The smallest absolute Gasteiger partial charge is 0.320 e. The molecule has 2 aromatic carbocycles. The lowest BCUT2D eigenvalue weighted by Gasteiger charge is -2.32. The van der Waals surface area contributed by atoms with Crippen LogP contribution in [0.5, 0.6) is 11.5 Å². The average Bonchev–Trinajstić information content (AvgIpc) is 3.76. The molecule has 5 aromatic rings. The van der Waals surface area contributed by atoms with Crippen molar-refractivity contribution in [1.82, 2.24) is 29.7 Å². The molecule has 54 heavy (non-hydrogen) atoms. The van der Waals surface area contributed by atoms with E-state index in [1.807, 2.05) is 67.8 Å². The number of ether oxygens (including phenoxy) is 2. The van der Waals surface area contributed by atoms with E-state index in [-0.39, 0.29) is 36.8 Å². The highest BCUT2D eigenvalue weighted by molar-refractivity contribution is 7.85. The Hall–Kier alpha value is -4.86. The van der Waals surface area contributed by atoms with Crippen molar-refractivity contribution in [2.24, 2.45) is 0 Å². The molecule has 0 bridgehead atoms. The summed E-state index contributed by atoms with van der Waals surface area (Å²) in [5, 5.41) is 20.2. The van der Waals surface area contributed by atoms with Crippen molar-refractivity contribution < 1.29 is 26.9 Å². The zero-order valence-corrected chi connectivity index (χ0v) is 32.4. The monoisotopic (exact) mass is 776 g/mol. The number of aromatic nitrogens is 5. The van der Waals surface area contributed by atoms with Gasteiger partial charge in [0.15, 0.2) is 5.65 Å². The molecule has 2 aliphatic rings. The van der Waals surface area contributed by atoms with Gasteiger partial charge >= 0.3 is 6.03 Å². The van der Waals surface area contributed by atoms with Gasteiger partial charge in [-0.25, -0.2) is 9.48 Å². The molecule has 2 amide bonds. The number of amides is 2. The fourth-order valence-electron chi connectivity index (χ4n) is 6.84. The molecule has 1 fully saturated rings. The summed E-state index contributed by atoms with van der Waals surface area (Å²) in [6, 6.07) is 18.2. The average molecular weight is 777 g/mol. The van der Waals surface area contributed by atoms with Gasteiger partial charge in [-0.05, 0) is 67.5 Å². The third-order valence-electron chi connectivity index (χ3n) is 9.53. The summed E-state index contributed by atoms with van der Waals surface area (Å²) in [4.78, 5) is 16.0. The number of hydrogen-bond acceptors (Lipinski definition) is 10. The molecule has 2 N–H and O–H groups in total. The van der Waals surface area contributed by atoms with E-state index in [1.165, 1.54) is 6.42 Å². The second-order valence-corrected chi connectivity index (χ2v) is 16.7. The number of benzene rings is 2. The van der Waals surface area contributed by atoms with Crippen LogP contribution in [0.4, 0.5) is 16.6 Å². The van der Waals surface area contributed by atoms with Gasteiger partial charge in [0, 0.05) is 30.6 Å². The van der Waals surface area contributed by atoms with E-state index < -0.39 is 10.1 Å². The molecule has 16 heteroatoms. The highest BCUT2D eigenvalue weighted by Crippen LogP contribution is 2.39. The number of carbonyl (C=O) groups is 1. The molecule has 7 rings (SSSR count). The van der Waals surface area contributed by atoms with Crippen molar-refractivity contribution in [3.8, 4) is 17.2 Å². The molecule has 4 heterocycles. The molecular formula is C38H45ClN8O6S. The molecule has 0 radical (unpaired) electrons. The lowest BCUT2D eigenvalue weighted by atomic mass is 9.85. The third-order valence-corrected chi connectivity index (χ3v) is 10.4. The van der Waals surface area contributed by atoms with Gasteiger partial charge < -0.3 is 19.7 Å². The summed E-state index contributed by atoms with van der Waals surface area (Å²) in [6.07, 6.45) is 7.62. The molecule has 286 valence electrons. The number of pyridine rings is 1. The minimum atomic E-state index is -3.61.